The van der Waals surface area contributed by atoms with Gasteiger partial charge >= 0.3 is 0 Å². The number of nitrogens with two attached hydrogens (primary N) is 1. The minimum atomic E-state index is -0.450. The van der Waals surface area contributed by atoms with E-state index >= 15 is 0 Å². The highest BCUT2D eigenvalue weighted by molar-refractivity contribution is 5.81. The Morgan fingerprint density at radius 1 is 1.73 bits per heavy atom. The van der Waals surface area contributed by atoms with Crippen molar-refractivity contribution in [1.82, 2.24) is 10.2 Å². The average molecular weight is 211 g/mol. The van der Waals surface area contributed by atoms with Crippen LogP contribution >= 0.6 is 0 Å². The zero-order valence-electron chi connectivity index (χ0n) is 9.41. The predicted molar refractivity (Wildman–Crippen MR) is 61.5 cm³/mol. The second kappa shape index (κ2) is 5.88. The normalized spacial score (nSPS) is 17.5. The number of hydrogen-bond acceptors (Lipinski definition) is 3. The molecule has 0 saturated heterocycles. The van der Waals surface area contributed by atoms with Gasteiger partial charge in [0.1, 0.15) is 0 Å². The Hall–Kier alpha value is -0.870. The minimum absolute atomic E-state index is 0.0842. The summed E-state index contributed by atoms with van der Waals surface area (Å²) in [5.74, 6) is -0.0842. The van der Waals surface area contributed by atoms with Gasteiger partial charge in [-0.1, -0.05) is 6.08 Å². The monoisotopic (exact) mass is 211 g/mol. The fourth-order valence-corrected chi connectivity index (χ4v) is 1.47. The van der Waals surface area contributed by atoms with Crippen LogP contribution in [0.3, 0.4) is 0 Å². The van der Waals surface area contributed by atoms with E-state index in [1.165, 1.54) is 12.8 Å². The lowest BCUT2D eigenvalue weighted by atomic mass is 10.2. The van der Waals surface area contributed by atoms with Crippen molar-refractivity contribution in [3.8, 4) is 0 Å². The summed E-state index contributed by atoms with van der Waals surface area (Å²) in [5.41, 5.74) is 5.62. The van der Waals surface area contributed by atoms with E-state index in [4.69, 9.17) is 5.73 Å². The van der Waals surface area contributed by atoms with E-state index in [0.29, 0.717) is 13.0 Å². The van der Waals surface area contributed by atoms with Gasteiger partial charge in [0.15, 0.2) is 0 Å². The summed E-state index contributed by atoms with van der Waals surface area (Å²) >= 11 is 0. The Bertz CT molecular complexity index is 226. The van der Waals surface area contributed by atoms with Gasteiger partial charge in [-0.3, -0.25) is 4.79 Å². The maximum absolute atomic E-state index is 11.4. The Morgan fingerprint density at radius 3 is 2.93 bits per heavy atom. The van der Waals surface area contributed by atoms with Gasteiger partial charge in [0.2, 0.25) is 5.91 Å². The maximum Gasteiger partial charge on any atom is 0.237 e. The number of likely N-dealkylation sites (N-methyl/N-ethyl adjacent to an activating group) is 1. The standard InChI is InChI=1S/C11H21N3O/c1-3-4-10(12)11(15)13-7-8-14(2)9-5-6-9/h3,9-10H,1,4-8,12H2,2H3,(H,13,15). The Balaban J connectivity index is 2.07. The lowest BCUT2D eigenvalue weighted by Crippen LogP contribution is -2.43. The van der Waals surface area contributed by atoms with Gasteiger partial charge in [-0.25, -0.2) is 0 Å². The van der Waals surface area contributed by atoms with Crippen molar-refractivity contribution in [3.63, 3.8) is 0 Å². The van der Waals surface area contributed by atoms with Crippen LogP contribution in [0.25, 0.3) is 0 Å². The van der Waals surface area contributed by atoms with E-state index in [0.717, 1.165) is 12.6 Å². The quantitative estimate of drug-likeness (QED) is 0.587. The molecule has 1 saturated carbocycles. The van der Waals surface area contributed by atoms with E-state index in [1.54, 1.807) is 6.08 Å². The highest BCUT2D eigenvalue weighted by Gasteiger charge is 2.25. The molecule has 1 aliphatic carbocycles. The molecule has 1 fully saturated rings. The predicted octanol–water partition coefficient (Wildman–Crippen LogP) is 0.100. The van der Waals surface area contributed by atoms with Gasteiger partial charge in [0, 0.05) is 19.1 Å². The van der Waals surface area contributed by atoms with Crippen molar-refractivity contribution in [2.45, 2.75) is 31.3 Å². The van der Waals surface area contributed by atoms with Crippen LogP contribution in [0.5, 0.6) is 0 Å². The molecule has 15 heavy (non-hydrogen) atoms. The lowest BCUT2D eigenvalue weighted by Gasteiger charge is -2.16. The van der Waals surface area contributed by atoms with E-state index in [-0.39, 0.29) is 5.91 Å². The van der Waals surface area contributed by atoms with Gasteiger partial charge in [-0.2, -0.15) is 0 Å². The summed E-state index contributed by atoms with van der Waals surface area (Å²) in [7, 11) is 2.09. The third kappa shape index (κ3) is 4.44. The number of rotatable bonds is 7. The molecule has 0 radical (unpaired) electrons. The molecule has 4 nitrogen and oxygen atoms in total. The van der Waals surface area contributed by atoms with Gasteiger partial charge in [0.05, 0.1) is 6.04 Å². The van der Waals surface area contributed by atoms with Crippen molar-refractivity contribution in [2.75, 3.05) is 20.1 Å². The van der Waals surface area contributed by atoms with Crippen molar-refractivity contribution < 1.29 is 4.79 Å². The summed E-state index contributed by atoms with van der Waals surface area (Å²) in [6, 6.07) is 0.289. The number of carbonyl (C=O) groups is 1. The molecule has 1 aliphatic rings. The second-order valence-corrected chi connectivity index (χ2v) is 4.13. The van der Waals surface area contributed by atoms with E-state index in [2.05, 4.69) is 23.8 Å². The molecule has 3 N–H and O–H groups in total. The fourth-order valence-electron chi connectivity index (χ4n) is 1.47. The number of nitrogens with one attached hydrogen (secondary N) is 1. The molecule has 1 rings (SSSR count). The van der Waals surface area contributed by atoms with Crippen molar-refractivity contribution in [2.24, 2.45) is 5.73 Å². The summed E-state index contributed by atoms with van der Waals surface area (Å²) in [5, 5.41) is 2.83. The highest BCUT2D eigenvalue weighted by atomic mass is 16.2. The lowest BCUT2D eigenvalue weighted by molar-refractivity contribution is -0.122. The molecule has 86 valence electrons. The minimum Gasteiger partial charge on any atom is -0.353 e. The van der Waals surface area contributed by atoms with Crippen LogP contribution in [0.1, 0.15) is 19.3 Å². The molecule has 1 amide bonds. The number of amides is 1. The molecular formula is C11H21N3O. The summed E-state index contributed by atoms with van der Waals surface area (Å²) in [6.45, 7) is 5.13. The van der Waals surface area contributed by atoms with Crippen LogP contribution in [-0.4, -0.2) is 43.0 Å². The average Bonchev–Trinajstić information content (AvgIpc) is 3.00. The first-order valence-corrected chi connectivity index (χ1v) is 5.49. The van der Waals surface area contributed by atoms with Crippen LogP contribution in [-0.2, 0) is 4.79 Å². The molecule has 0 bridgehead atoms. The first-order valence-electron chi connectivity index (χ1n) is 5.49. The molecule has 1 atom stereocenters. The van der Waals surface area contributed by atoms with Gasteiger partial charge in [-0.15, -0.1) is 6.58 Å². The van der Waals surface area contributed by atoms with Gasteiger partial charge < -0.3 is 16.0 Å². The van der Waals surface area contributed by atoms with Crippen LogP contribution in [0.15, 0.2) is 12.7 Å². The molecule has 4 heteroatoms. The van der Waals surface area contributed by atoms with Crippen LogP contribution in [0, 0.1) is 0 Å². The fraction of sp³-hybridized carbons (Fsp3) is 0.727. The van der Waals surface area contributed by atoms with Crippen molar-refractivity contribution in [1.29, 1.82) is 0 Å². The van der Waals surface area contributed by atoms with Crippen LogP contribution < -0.4 is 11.1 Å². The number of hydrogen-bond donors (Lipinski definition) is 2. The van der Waals surface area contributed by atoms with Crippen LogP contribution in [0.2, 0.25) is 0 Å². The topological polar surface area (TPSA) is 58.4 Å². The molecule has 0 aromatic rings. The largest absolute Gasteiger partial charge is 0.353 e. The van der Waals surface area contributed by atoms with Gasteiger partial charge in [-0.05, 0) is 26.3 Å². The maximum atomic E-state index is 11.4. The summed E-state index contributed by atoms with van der Waals surface area (Å²) in [6.07, 6.45) is 4.78. The first kappa shape index (κ1) is 12.2. The highest BCUT2D eigenvalue weighted by Crippen LogP contribution is 2.24. The SMILES string of the molecule is C=CCC(N)C(=O)NCCN(C)C1CC1. The summed E-state index contributed by atoms with van der Waals surface area (Å²) < 4.78 is 0. The first-order chi connectivity index (χ1) is 7.15. The van der Waals surface area contributed by atoms with E-state index in [1.807, 2.05) is 0 Å². The zero-order chi connectivity index (χ0) is 11.3. The molecular weight excluding hydrogens is 190 g/mol. The molecule has 0 aromatic carbocycles. The summed E-state index contributed by atoms with van der Waals surface area (Å²) in [4.78, 5) is 13.7. The van der Waals surface area contributed by atoms with E-state index < -0.39 is 6.04 Å². The van der Waals surface area contributed by atoms with Crippen molar-refractivity contribution >= 4 is 5.91 Å². The molecule has 0 heterocycles. The molecule has 1 unspecified atom stereocenters. The van der Waals surface area contributed by atoms with E-state index in [9.17, 15) is 4.79 Å². The molecule has 0 aromatic heterocycles. The third-order valence-electron chi connectivity index (χ3n) is 2.69. The third-order valence-corrected chi connectivity index (χ3v) is 2.69. The zero-order valence-corrected chi connectivity index (χ0v) is 9.41. The molecule has 0 spiro atoms. The van der Waals surface area contributed by atoms with Crippen molar-refractivity contribution in [3.05, 3.63) is 12.7 Å². The second-order valence-electron chi connectivity index (χ2n) is 4.13. The molecule has 0 aliphatic heterocycles. The number of carbonyl (C=O) groups excluding carboxylic acids is 1. The smallest absolute Gasteiger partial charge is 0.237 e. The Labute approximate surface area is 91.5 Å². The number of nitrogens with zero attached hydrogens (tertiary/aromatic N) is 1. The Kier molecular flexibility index (Phi) is 4.78. The Morgan fingerprint density at radius 2 is 2.40 bits per heavy atom. The van der Waals surface area contributed by atoms with Crippen LogP contribution in [0.4, 0.5) is 0 Å². The van der Waals surface area contributed by atoms with Gasteiger partial charge in [0.25, 0.3) is 0 Å².